The maximum absolute atomic E-state index is 12.3. The summed E-state index contributed by atoms with van der Waals surface area (Å²) in [5.41, 5.74) is 1.54. The molecule has 0 bridgehead atoms. The van der Waals surface area contributed by atoms with E-state index >= 15 is 0 Å². The van der Waals surface area contributed by atoms with Gasteiger partial charge in [0, 0.05) is 38.1 Å². The van der Waals surface area contributed by atoms with Gasteiger partial charge in [0.1, 0.15) is 0 Å². The summed E-state index contributed by atoms with van der Waals surface area (Å²) in [7, 11) is 0. The molecular formula is C18H29Cl2N3O. The van der Waals surface area contributed by atoms with Gasteiger partial charge in [-0.3, -0.25) is 9.69 Å². The summed E-state index contributed by atoms with van der Waals surface area (Å²) in [5.74, 6) is 0.170. The van der Waals surface area contributed by atoms with Crippen LogP contribution in [0, 0.1) is 0 Å². The van der Waals surface area contributed by atoms with E-state index in [4.69, 9.17) is 0 Å². The molecule has 2 fully saturated rings. The molecule has 4 nitrogen and oxygen atoms in total. The van der Waals surface area contributed by atoms with Gasteiger partial charge in [-0.05, 0) is 18.4 Å². The van der Waals surface area contributed by atoms with Crippen molar-refractivity contribution >= 4 is 30.7 Å². The zero-order valence-corrected chi connectivity index (χ0v) is 15.8. The molecule has 136 valence electrons. The molecule has 1 aromatic carbocycles. The molecule has 2 aliphatic rings. The number of hydrogen-bond donors (Lipinski definition) is 2. The lowest BCUT2D eigenvalue weighted by Gasteiger charge is -2.31. The maximum Gasteiger partial charge on any atom is 0.234 e. The van der Waals surface area contributed by atoms with Crippen LogP contribution in [-0.4, -0.2) is 50.1 Å². The number of piperazine rings is 1. The largest absolute Gasteiger partial charge is 0.354 e. The number of rotatable bonds is 5. The summed E-state index contributed by atoms with van der Waals surface area (Å²) in [6, 6.07) is 10.7. The minimum atomic E-state index is 0. The van der Waals surface area contributed by atoms with Crippen LogP contribution in [0.15, 0.2) is 30.3 Å². The Morgan fingerprint density at radius 1 is 1.08 bits per heavy atom. The number of halogens is 2. The van der Waals surface area contributed by atoms with Crippen LogP contribution < -0.4 is 10.6 Å². The van der Waals surface area contributed by atoms with E-state index in [1.165, 1.54) is 31.2 Å². The van der Waals surface area contributed by atoms with Crippen molar-refractivity contribution in [3.8, 4) is 0 Å². The number of carbonyl (C=O) groups excluding carboxylic acids is 1. The maximum atomic E-state index is 12.3. The van der Waals surface area contributed by atoms with Gasteiger partial charge in [0.2, 0.25) is 5.91 Å². The van der Waals surface area contributed by atoms with Crippen molar-refractivity contribution in [3.05, 3.63) is 35.9 Å². The third-order valence-electron chi connectivity index (χ3n) is 5.15. The Balaban J connectivity index is 0.00000144. The molecule has 1 heterocycles. The Kier molecular flexibility index (Phi) is 9.06. The van der Waals surface area contributed by atoms with Crippen molar-refractivity contribution < 1.29 is 4.79 Å². The van der Waals surface area contributed by atoms with E-state index in [1.807, 2.05) is 0 Å². The number of nitrogens with one attached hydrogen (secondary N) is 2. The lowest BCUT2D eigenvalue weighted by atomic mass is 9.79. The van der Waals surface area contributed by atoms with Crippen LogP contribution in [0.1, 0.15) is 31.2 Å². The average Bonchev–Trinajstić information content (AvgIpc) is 3.05. The SMILES string of the molecule is Cl.Cl.O=C(CN1CCNCC1)NCC1(c2ccccc2)CCCC1. The molecule has 1 saturated heterocycles. The summed E-state index contributed by atoms with van der Waals surface area (Å²) >= 11 is 0. The molecule has 1 aromatic rings. The van der Waals surface area contributed by atoms with E-state index in [0.29, 0.717) is 6.54 Å². The van der Waals surface area contributed by atoms with Gasteiger partial charge in [-0.2, -0.15) is 0 Å². The zero-order valence-electron chi connectivity index (χ0n) is 14.1. The molecule has 24 heavy (non-hydrogen) atoms. The Morgan fingerprint density at radius 3 is 2.33 bits per heavy atom. The van der Waals surface area contributed by atoms with Crippen LogP contribution >= 0.6 is 24.8 Å². The molecule has 2 N–H and O–H groups in total. The van der Waals surface area contributed by atoms with Gasteiger partial charge in [0.05, 0.1) is 6.54 Å². The second-order valence-electron chi connectivity index (χ2n) is 6.66. The molecule has 0 atom stereocenters. The van der Waals surface area contributed by atoms with Crippen molar-refractivity contribution in [3.63, 3.8) is 0 Å². The molecule has 1 saturated carbocycles. The van der Waals surface area contributed by atoms with Gasteiger partial charge in [-0.15, -0.1) is 24.8 Å². The molecule has 0 radical (unpaired) electrons. The molecule has 3 rings (SSSR count). The van der Waals surface area contributed by atoms with Gasteiger partial charge in [-0.1, -0.05) is 43.2 Å². The third kappa shape index (κ3) is 5.35. The number of nitrogens with zero attached hydrogens (tertiary/aromatic N) is 1. The number of carbonyl (C=O) groups is 1. The lowest BCUT2D eigenvalue weighted by molar-refractivity contribution is -0.122. The molecule has 1 amide bonds. The standard InChI is InChI=1S/C18H27N3O.2ClH/c22-17(14-21-12-10-19-11-13-21)20-15-18(8-4-5-9-18)16-6-2-1-3-7-16;;/h1-3,6-7,19H,4-5,8-15H2,(H,20,22);2*1H. The fourth-order valence-corrected chi connectivity index (χ4v) is 3.81. The first-order chi connectivity index (χ1) is 10.8. The van der Waals surface area contributed by atoms with E-state index in [1.54, 1.807) is 0 Å². The highest BCUT2D eigenvalue weighted by Gasteiger charge is 2.35. The van der Waals surface area contributed by atoms with E-state index in [-0.39, 0.29) is 36.1 Å². The van der Waals surface area contributed by atoms with Gasteiger partial charge >= 0.3 is 0 Å². The summed E-state index contributed by atoms with van der Waals surface area (Å²) in [5, 5.41) is 6.53. The number of benzene rings is 1. The Bertz CT molecular complexity index is 486. The topological polar surface area (TPSA) is 44.4 Å². The van der Waals surface area contributed by atoms with Crippen LogP contribution in [0.2, 0.25) is 0 Å². The molecule has 6 heteroatoms. The highest BCUT2D eigenvalue weighted by molar-refractivity contribution is 5.85. The van der Waals surface area contributed by atoms with Crippen molar-refractivity contribution in [1.29, 1.82) is 0 Å². The normalized spacial score (nSPS) is 19.8. The van der Waals surface area contributed by atoms with Crippen molar-refractivity contribution in [1.82, 2.24) is 15.5 Å². The van der Waals surface area contributed by atoms with E-state index in [2.05, 4.69) is 45.9 Å². The molecular weight excluding hydrogens is 345 g/mol. The monoisotopic (exact) mass is 373 g/mol. The predicted octanol–water partition coefficient (Wildman–Crippen LogP) is 2.36. The lowest BCUT2D eigenvalue weighted by Crippen LogP contribution is -2.49. The van der Waals surface area contributed by atoms with Gasteiger partial charge in [0.15, 0.2) is 0 Å². The van der Waals surface area contributed by atoms with Gasteiger partial charge < -0.3 is 10.6 Å². The highest BCUT2D eigenvalue weighted by Crippen LogP contribution is 2.40. The van der Waals surface area contributed by atoms with E-state index in [9.17, 15) is 4.79 Å². The fourth-order valence-electron chi connectivity index (χ4n) is 3.81. The molecule has 0 spiro atoms. The smallest absolute Gasteiger partial charge is 0.234 e. The first kappa shape index (κ1) is 21.2. The summed E-state index contributed by atoms with van der Waals surface area (Å²) < 4.78 is 0. The van der Waals surface area contributed by atoms with Crippen LogP contribution in [0.3, 0.4) is 0 Å². The Hall–Kier alpha value is -0.810. The number of amides is 1. The highest BCUT2D eigenvalue weighted by atomic mass is 35.5. The van der Waals surface area contributed by atoms with Crippen LogP contribution in [0.4, 0.5) is 0 Å². The minimum absolute atomic E-state index is 0. The first-order valence-corrected chi connectivity index (χ1v) is 8.54. The third-order valence-corrected chi connectivity index (χ3v) is 5.15. The summed E-state index contributed by atoms with van der Waals surface area (Å²) in [6.45, 7) is 5.23. The van der Waals surface area contributed by atoms with Crippen LogP contribution in [0.25, 0.3) is 0 Å². The molecule has 1 aliphatic carbocycles. The van der Waals surface area contributed by atoms with Crippen LogP contribution in [0.5, 0.6) is 0 Å². The molecule has 0 aromatic heterocycles. The van der Waals surface area contributed by atoms with Crippen molar-refractivity contribution in [2.45, 2.75) is 31.1 Å². The zero-order chi connectivity index (χ0) is 15.3. The quantitative estimate of drug-likeness (QED) is 0.832. The predicted molar refractivity (Wildman–Crippen MR) is 103 cm³/mol. The summed E-state index contributed by atoms with van der Waals surface area (Å²) in [4.78, 5) is 14.5. The van der Waals surface area contributed by atoms with Gasteiger partial charge in [-0.25, -0.2) is 0 Å². The van der Waals surface area contributed by atoms with Gasteiger partial charge in [0.25, 0.3) is 0 Å². The Labute approximate surface area is 157 Å². The van der Waals surface area contributed by atoms with E-state index < -0.39 is 0 Å². The van der Waals surface area contributed by atoms with E-state index in [0.717, 1.165) is 32.7 Å². The molecule has 0 unspecified atom stereocenters. The fraction of sp³-hybridized carbons (Fsp3) is 0.611. The average molecular weight is 374 g/mol. The first-order valence-electron chi connectivity index (χ1n) is 8.54. The molecule has 1 aliphatic heterocycles. The van der Waals surface area contributed by atoms with Crippen molar-refractivity contribution in [2.75, 3.05) is 39.3 Å². The second kappa shape index (κ2) is 10.2. The van der Waals surface area contributed by atoms with Crippen LogP contribution in [-0.2, 0) is 10.2 Å². The van der Waals surface area contributed by atoms with Crippen molar-refractivity contribution in [2.24, 2.45) is 0 Å². The number of hydrogen-bond acceptors (Lipinski definition) is 3. The second-order valence-corrected chi connectivity index (χ2v) is 6.66. The summed E-state index contributed by atoms with van der Waals surface area (Å²) in [6.07, 6.45) is 4.90. The minimum Gasteiger partial charge on any atom is -0.354 e. The Morgan fingerprint density at radius 2 is 1.71 bits per heavy atom.